The summed E-state index contributed by atoms with van der Waals surface area (Å²) in [5, 5.41) is 0. The SMILES string of the molecule is C=C(/C=C\C(=C)C(C1=CCC(C2=CCC(CC/C=C\C=C/C)C=C2)C=C1)c1ccccc1)C(=C)/C=C\C(=C)C(C(/C=C\C)=C/C)c1ccccc1.C=C/C=C\C=C\Cc1ccccc1.C=CCCC=C.C=CCCC=C. The molecule has 0 heterocycles. The summed E-state index contributed by atoms with van der Waals surface area (Å²) in [6.45, 7) is 41.7. The third-order valence-electron chi connectivity index (χ3n) is 12.5. The third-order valence-corrected chi connectivity index (χ3v) is 12.5. The van der Waals surface area contributed by atoms with Crippen LogP contribution in [0.4, 0.5) is 0 Å². The highest BCUT2D eigenvalue weighted by Gasteiger charge is 2.22. The lowest BCUT2D eigenvalue weighted by Crippen LogP contribution is -2.10. The Kier molecular flexibility index (Phi) is 35.2. The standard InChI is InChI=1S/C51H56.C13H14.2C6H10/c1-8-11-12-13-16-22-43-31-33-45(34-32-43)46-35-37-49(38-36-46)51(48-25-19-15-20-26-48)42(7)30-28-40(5)39(4)27-29-41(6)50(44(10-3)21-9-2)47-23-17-14-18-24-47;1-2-3-4-5-7-10-13-11-8-6-9-12-13;2*1-3-5-6-4-2/h8-15,17-21,23-31,33-35,37-38,43,46,50-51H,4-7,16,22,32,36H2,1-3H3;2-9,11-12H,1,10H2;2*3-4H,1-2,5-6H2/b11-8-,13-12-,21-9-,29-27-,30-28-,44-10+;4-3-,7-5+;;. The smallest absolute Gasteiger partial charge is 0.0330 e. The fourth-order valence-electron chi connectivity index (χ4n) is 8.28. The molecule has 0 radical (unpaired) electrons. The third kappa shape index (κ3) is 26.4. The molecular formula is C76H90. The Morgan fingerprint density at radius 1 is 0.526 bits per heavy atom. The van der Waals surface area contributed by atoms with Gasteiger partial charge in [-0.2, -0.15) is 0 Å². The van der Waals surface area contributed by atoms with Crippen LogP contribution in [-0.4, -0.2) is 0 Å². The Hall–Kier alpha value is -7.80. The van der Waals surface area contributed by atoms with Gasteiger partial charge < -0.3 is 0 Å². The summed E-state index contributed by atoms with van der Waals surface area (Å²) < 4.78 is 0. The molecule has 0 amide bonds. The van der Waals surface area contributed by atoms with Gasteiger partial charge in [0.15, 0.2) is 0 Å². The van der Waals surface area contributed by atoms with Crippen molar-refractivity contribution in [3.63, 3.8) is 0 Å². The first-order valence-electron chi connectivity index (χ1n) is 27.1. The van der Waals surface area contributed by atoms with Gasteiger partial charge in [-0.1, -0.05) is 282 Å². The van der Waals surface area contributed by atoms with Gasteiger partial charge in [0.25, 0.3) is 0 Å². The molecule has 2 aliphatic rings. The summed E-state index contributed by atoms with van der Waals surface area (Å²) in [5.74, 6) is 1.16. The molecule has 0 spiro atoms. The van der Waals surface area contributed by atoms with Crippen LogP contribution in [0.15, 0.2) is 347 Å². The molecule has 3 aromatic rings. The van der Waals surface area contributed by atoms with Gasteiger partial charge in [-0.15, -0.1) is 26.3 Å². The van der Waals surface area contributed by atoms with Crippen molar-refractivity contribution < 1.29 is 0 Å². The molecular weight excluding hydrogens is 913 g/mol. The van der Waals surface area contributed by atoms with Gasteiger partial charge in [-0.25, -0.2) is 0 Å². The van der Waals surface area contributed by atoms with E-state index in [9.17, 15) is 0 Å². The number of benzene rings is 3. The zero-order valence-corrected chi connectivity index (χ0v) is 46.7. The molecule has 0 saturated heterocycles. The van der Waals surface area contributed by atoms with E-state index in [0.717, 1.165) is 73.7 Å². The van der Waals surface area contributed by atoms with Crippen molar-refractivity contribution in [2.45, 2.75) is 90.4 Å². The van der Waals surface area contributed by atoms with Crippen LogP contribution < -0.4 is 0 Å². The maximum Gasteiger partial charge on any atom is 0.0330 e. The van der Waals surface area contributed by atoms with E-state index >= 15 is 0 Å². The van der Waals surface area contributed by atoms with Crippen molar-refractivity contribution in [3.05, 3.63) is 364 Å². The number of unbranched alkanes of at least 4 members (excludes halogenated alkanes) is 2. The number of allylic oxidation sites excluding steroid dienone is 33. The quantitative estimate of drug-likeness (QED) is 0.0406. The van der Waals surface area contributed by atoms with Crippen LogP contribution in [0.3, 0.4) is 0 Å². The lowest BCUT2D eigenvalue weighted by atomic mass is 9.78. The summed E-state index contributed by atoms with van der Waals surface area (Å²) in [5.41, 5.74) is 11.4. The molecule has 4 unspecified atom stereocenters. The van der Waals surface area contributed by atoms with E-state index in [4.69, 9.17) is 0 Å². The molecule has 2 aliphatic carbocycles. The lowest BCUT2D eigenvalue weighted by Gasteiger charge is -2.26. The normalized spacial score (nSPS) is 16.0. The van der Waals surface area contributed by atoms with E-state index in [-0.39, 0.29) is 11.8 Å². The summed E-state index contributed by atoms with van der Waals surface area (Å²) in [6, 6.07) is 31.6. The fraction of sp³-hybridized carbons (Fsp3) is 0.211. The summed E-state index contributed by atoms with van der Waals surface area (Å²) in [7, 11) is 0. The zero-order valence-electron chi connectivity index (χ0n) is 46.7. The Bertz CT molecular complexity index is 2590. The van der Waals surface area contributed by atoms with Crippen LogP contribution in [0, 0.1) is 11.8 Å². The molecule has 0 nitrogen and oxygen atoms in total. The first-order chi connectivity index (χ1) is 37.1. The van der Waals surface area contributed by atoms with Crippen LogP contribution in [-0.2, 0) is 6.42 Å². The van der Waals surface area contributed by atoms with Gasteiger partial charge in [0.05, 0.1) is 0 Å². The maximum atomic E-state index is 4.57. The molecule has 0 N–H and O–H groups in total. The predicted molar refractivity (Wildman–Crippen MR) is 344 cm³/mol. The van der Waals surface area contributed by atoms with Gasteiger partial charge in [0.1, 0.15) is 0 Å². The minimum absolute atomic E-state index is 0.0596. The molecule has 0 bridgehead atoms. The molecule has 0 aliphatic heterocycles. The Labute approximate surface area is 463 Å². The van der Waals surface area contributed by atoms with Crippen LogP contribution in [0.25, 0.3) is 0 Å². The molecule has 5 rings (SSSR count). The van der Waals surface area contributed by atoms with E-state index in [2.05, 4.69) is 249 Å². The average molecular weight is 1000 g/mol. The van der Waals surface area contributed by atoms with Gasteiger partial charge in [0, 0.05) is 17.8 Å². The van der Waals surface area contributed by atoms with E-state index in [0.29, 0.717) is 11.8 Å². The van der Waals surface area contributed by atoms with Crippen molar-refractivity contribution in [2.75, 3.05) is 0 Å². The highest BCUT2D eigenvalue weighted by Crippen LogP contribution is 2.38. The molecule has 3 aromatic carbocycles. The molecule has 0 fully saturated rings. The summed E-state index contributed by atoms with van der Waals surface area (Å²) >= 11 is 0. The number of rotatable bonds is 27. The van der Waals surface area contributed by atoms with Crippen molar-refractivity contribution >= 4 is 0 Å². The highest BCUT2D eigenvalue weighted by molar-refractivity contribution is 5.53. The lowest BCUT2D eigenvalue weighted by molar-refractivity contribution is 0.591. The van der Waals surface area contributed by atoms with E-state index in [1.807, 2.05) is 73.7 Å². The molecule has 4 atom stereocenters. The first kappa shape index (κ1) is 64.3. The van der Waals surface area contributed by atoms with Gasteiger partial charge in [-0.3, -0.25) is 0 Å². The minimum Gasteiger partial charge on any atom is -0.103 e. The average Bonchev–Trinajstić information content (AvgIpc) is 3.46. The van der Waals surface area contributed by atoms with Crippen molar-refractivity contribution in [1.29, 1.82) is 0 Å². The number of hydrogen-bond donors (Lipinski definition) is 0. The Morgan fingerprint density at radius 3 is 1.59 bits per heavy atom. The topological polar surface area (TPSA) is 0 Å². The van der Waals surface area contributed by atoms with E-state index in [1.165, 1.54) is 39.8 Å². The predicted octanol–water partition coefficient (Wildman–Crippen LogP) is 22.1. The minimum atomic E-state index is 0.0596. The molecule has 0 saturated carbocycles. The molecule has 0 heteroatoms. The van der Waals surface area contributed by atoms with Crippen molar-refractivity contribution in [1.82, 2.24) is 0 Å². The second-order valence-electron chi connectivity index (χ2n) is 18.4. The highest BCUT2D eigenvalue weighted by atomic mass is 14.3. The van der Waals surface area contributed by atoms with Crippen LogP contribution in [0.1, 0.15) is 101 Å². The van der Waals surface area contributed by atoms with Crippen LogP contribution in [0.5, 0.6) is 0 Å². The molecule has 394 valence electrons. The summed E-state index contributed by atoms with van der Waals surface area (Å²) in [6.07, 6.45) is 64.6. The molecule has 76 heavy (non-hydrogen) atoms. The van der Waals surface area contributed by atoms with Gasteiger partial charge >= 0.3 is 0 Å². The zero-order chi connectivity index (χ0) is 55.4. The van der Waals surface area contributed by atoms with Crippen LogP contribution >= 0.6 is 0 Å². The largest absolute Gasteiger partial charge is 0.103 e. The Morgan fingerprint density at radius 2 is 1.09 bits per heavy atom. The number of hydrogen-bond acceptors (Lipinski definition) is 0. The van der Waals surface area contributed by atoms with Gasteiger partial charge in [-0.05, 0) is 140 Å². The summed E-state index contributed by atoms with van der Waals surface area (Å²) in [4.78, 5) is 0. The first-order valence-corrected chi connectivity index (χ1v) is 27.1. The second-order valence-corrected chi connectivity index (χ2v) is 18.4. The van der Waals surface area contributed by atoms with Crippen LogP contribution in [0.2, 0.25) is 0 Å². The van der Waals surface area contributed by atoms with E-state index < -0.39 is 0 Å². The van der Waals surface area contributed by atoms with Gasteiger partial charge in [0.2, 0.25) is 0 Å². The van der Waals surface area contributed by atoms with Crippen molar-refractivity contribution in [3.8, 4) is 0 Å². The van der Waals surface area contributed by atoms with E-state index in [1.54, 1.807) is 6.08 Å². The molecule has 0 aromatic heterocycles. The second kappa shape index (κ2) is 41.5. The van der Waals surface area contributed by atoms with Crippen molar-refractivity contribution in [2.24, 2.45) is 11.8 Å². The Balaban J connectivity index is 0.000000644. The monoisotopic (exact) mass is 1000 g/mol. The maximum absolute atomic E-state index is 4.57. The fourth-order valence-corrected chi connectivity index (χ4v) is 8.28.